The number of urea groups is 1. The second-order valence-electron chi connectivity index (χ2n) is 6.83. The molecule has 5 nitrogen and oxygen atoms in total. The molecule has 1 saturated heterocycles. The lowest BCUT2D eigenvalue weighted by molar-refractivity contribution is -0.130. The van der Waals surface area contributed by atoms with Gasteiger partial charge in [0.05, 0.1) is 6.54 Å². The zero-order valence-electron chi connectivity index (χ0n) is 15.3. The summed E-state index contributed by atoms with van der Waals surface area (Å²) in [7, 11) is 0. The number of benzene rings is 2. The van der Waals surface area contributed by atoms with Crippen molar-refractivity contribution in [2.75, 3.05) is 6.54 Å². The van der Waals surface area contributed by atoms with Crippen LogP contribution in [0.25, 0.3) is 0 Å². The van der Waals surface area contributed by atoms with E-state index >= 15 is 0 Å². The van der Waals surface area contributed by atoms with Gasteiger partial charge in [-0.25, -0.2) is 4.79 Å². The average Bonchev–Trinajstić information content (AvgIpc) is 2.87. The Morgan fingerprint density at radius 2 is 1.85 bits per heavy atom. The number of carbonyl (C=O) groups excluding carboxylic acids is 3. The Hall–Kier alpha value is -2.47. The van der Waals surface area contributed by atoms with E-state index in [1.165, 1.54) is 0 Å². The third kappa shape index (κ3) is 3.81. The van der Waals surface area contributed by atoms with Crippen LogP contribution in [0.5, 0.6) is 0 Å². The Balaban J connectivity index is 1.78. The first-order valence-corrected chi connectivity index (χ1v) is 9.66. The van der Waals surface area contributed by atoms with Gasteiger partial charge in [-0.2, -0.15) is 0 Å². The Morgan fingerprint density at radius 3 is 2.48 bits per heavy atom. The van der Waals surface area contributed by atoms with Gasteiger partial charge in [-0.1, -0.05) is 65.7 Å². The zero-order chi connectivity index (χ0) is 19.6. The summed E-state index contributed by atoms with van der Waals surface area (Å²) in [5, 5.41) is 2.72. The highest BCUT2D eigenvalue weighted by atomic mass is 79.9. The lowest BCUT2D eigenvalue weighted by Gasteiger charge is -2.22. The third-order valence-corrected chi connectivity index (χ3v) is 5.29. The zero-order valence-corrected chi connectivity index (χ0v) is 16.9. The van der Waals surface area contributed by atoms with Crippen LogP contribution in [-0.4, -0.2) is 29.2 Å². The number of imide groups is 1. The molecule has 1 aliphatic rings. The average molecular weight is 429 g/mol. The van der Waals surface area contributed by atoms with Gasteiger partial charge >= 0.3 is 6.03 Å². The highest BCUT2D eigenvalue weighted by molar-refractivity contribution is 9.10. The quantitative estimate of drug-likeness (QED) is 0.557. The molecule has 1 aliphatic heterocycles. The molecule has 0 spiro atoms. The fourth-order valence-corrected chi connectivity index (χ4v) is 3.62. The molecule has 3 rings (SSSR count). The molecule has 27 heavy (non-hydrogen) atoms. The van der Waals surface area contributed by atoms with E-state index in [-0.39, 0.29) is 12.3 Å². The molecular weight excluding hydrogens is 408 g/mol. The number of aryl methyl sites for hydroxylation is 1. The lowest BCUT2D eigenvalue weighted by atomic mass is 9.92. The van der Waals surface area contributed by atoms with Crippen molar-refractivity contribution in [3.8, 4) is 0 Å². The molecule has 0 bridgehead atoms. The van der Waals surface area contributed by atoms with Gasteiger partial charge in [0.25, 0.3) is 5.91 Å². The molecular formula is C21H21BrN2O3. The van der Waals surface area contributed by atoms with Crippen molar-refractivity contribution in [2.24, 2.45) is 0 Å². The highest BCUT2D eigenvalue weighted by Crippen LogP contribution is 2.30. The monoisotopic (exact) mass is 428 g/mol. The number of nitrogens with one attached hydrogen (secondary N) is 1. The van der Waals surface area contributed by atoms with Crippen LogP contribution in [0.15, 0.2) is 53.0 Å². The van der Waals surface area contributed by atoms with Crippen LogP contribution in [0.2, 0.25) is 0 Å². The van der Waals surface area contributed by atoms with E-state index in [1.54, 1.807) is 37.3 Å². The fraction of sp³-hybridized carbons (Fsp3) is 0.286. The minimum atomic E-state index is -1.19. The number of rotatable bonds is 6. The number of carbonyl (C=O) groups is 3. The summed E-state index contributed by atoms with van der Waals surface area (Å²) in [4.78, 5) is 38.9. The van der Waals surface area contributed by atoms with E-state index in [9.17, 15) is 14.4 Å². The Kier molecular flexibility index (Phi) is 5.46. The third-order valence-electron chi connectivity index (χ3n) is 4.79. The largest absolute Gasteiger partial charge is 0.325 e. The molecule has 2 aromatic carbocycles. The fourth-order valence-electron chi connectivity index (χ4n) is 3.22. The number of hydrogen-bond donors (Lipinski definition) is 1. The van der Waals surface area contributed by atoms with E-state index in [0.29, 0.717) is 11.1 Å². The maximum absolute atomic E-state index is 12.9. The van der Waals surface area contributed by atoms with Gasteiger partial charge in [-0.3, -0.25) is 14.5 Å². The van der Waals surface area contributed by atoms with E-state index < -0.39 is 17.5 Å². The number of halogens is 1. The summed E-state index contributed by atoms with van der Waals surface area (Å²) in [6.45, 7) is 3.47. The van der Waals surface area contributed by atoms with Crippen LogP contribution < -0.4 is 5.32 Å². The molecule has 0 unspecified atom stereocenters. The minimum Gasteiger partial charge on any atom is -0.319 e. The first-order valence-electron chi connectivity index (χ1n) is 8.87. The molecule has 0 aromatic heterocycles. The molecule has 1 fully saturated rings. The van der Waals surface area contributed by atoms with Gasteiger partial charge in [-0.15, -0.1) is 0 Å². The van der Waals surface area contributed by atoms with Crippen LogP contribution in [0.4, 0.5) is 4.79 Å². The number of ketones is 1. The van der Waals surface area contributed by atoms with Gasteiger partial charge in [0.15, 0.2) is 5.78 Å². The molecule has 6 heteroatoms. The maximum Gasteiger partial charge on any atom is 0.325 e. The molecule has 0 saturated carbocycles. The van der Waals surface area contributed by atoms with Gasteiger partial charge in [0, 0.05) is 10.0 Å². The molecule has 0 radical (unpaired) electrons. The number of hydrogen-bond acceptors (Lipinski definition) is 3. The maximum atomic E-state index is 12.9. The van der Waals surface area contributed by atoms with E-state index in [4.69, 9.17) is 0 Å². The van der Waals surface area contributed by atoms with Crippen molar-refractivity contribution in [3.05, 3.63) is 69.7 Å². The Labute approximate surface area is 166 Å². The number of Topliss-reactive ketones (excluding diaryl/α,β-unsaturated/α-hetero) is 1. The standard InChI is InChI=1S/C21H21BrN2O3/c1-3-5-14-8-10-15(11-9-14)18(25)13-24-19(26)21(2,23-20(24)27)16-6-4-7-17(22)12-16/h4,6-12H,3,5,13H2,1-2H3,(H,23,27)/t21-/m1/s1. The molecule has 1 heterocycles. The van der Waals surface area contributed by atoms with E-state index in [2.05, 4.69) is 28.2 Å². The Morgan fingerprint density at radius 1 is 1.15 bits per heavy atom. The summed E-state index contributed by atoms with van der Waals surface area (Å²) in [6, 6.07) is 14.0. The number of amides is 3. The first-order chi connectivity index (χ1) is 12.8. The summed E-state index contributed by atoms with van der Waals surface area (Å²) in [5.41, 5.74) is 1.12. The first kappa shape index (κ1) is 19.3. The van der Waals surface area contributed by atoms with Crippen molar-refractivity contribution >= 4 is 33.7 Å². The second-order valence-corrected chi connectivity index (χ2v) is 7.74. The predicted octanol–water partition coefficient (Wildman–Crippen LogP) is 4.05. The van der Waals surface area contributed by atoms with Crippen molar-refractivity contribution in [3.63, 3.8) is 0 Å². The molecule has 140 valence electrons. The van der Waals surface area contributed by atoms with Crippen molar-refractivity contribution < 1.29 is 14.4 Å². The van der Waals surface area contributed by atoms with E-state index in [1.807, 2.05) is 18.2 Å². The van der Waals surface area contributed by atoms with Crippen LogP contribution in [0.3, 0.4) is 0 Å². The van der Waals surface area contributed by atoms with Crippen LogP contribution in [0, 0.1) is 0 Å². The molecule has 1 N–H and O–H groups in total. The molecule has 3 amide bonds. The second kappa shape index (κ2) is 7.64. The van der Waals surface area contributed by atoms with Crippen molar-refractivity contribution in [1.29, 1.82) is 0 Å². The molecule has 2 aromatic rings. The summed E-state index contributed by atoms with van der Waals surface area (Å²) in [6.07, 6.45) is 1.98. The predicted molar refractivity (Wildman–Crippen MR) is 107 cm³/mol. The smallest absolute Gasteiger partial charge is 0.319 e. The van der Waals surface area contributed by atoms with Gasteiger partial charge in [0.2, 0.25) is 0 Å². The Bertz CT molecular complexity index is 895. The van der Waals surface area contributed by atoms with Crippen LogP contribution >= 0.6 is 15.9 Å². The molecule has 1 atom stereocenters. The van der Waals surface area contributed by atoms with Crippen molar-refractivity contribution in [1.82, 2.24) is 10.2 Å². The van der Waals surface area contributed by atoms with Crippen molar-refractivity contribution in [2.45, 2.75) is 32.2 Å². The highest BCUT2D eigenvalue weighted by Gasteiger charge is 2.49. The van der Waals surface area contributed by atoms with Crippen LogP contribution in [-0.2, 0) is 16.8 Å². The van der Waals surface area contributed by atoms with Gasteiger partial charge in [0.1, 0.15) is 5.54 Å². The SMILES string of the molecule is CCCc1ccc(C(=O)CN2C(=O)N[C@](C)(c3cccc(Br)c3)C2=O)cc1. The topological polar surface area (TPSA) is 66.5 Å². The van der Waals surface area contributed by atoms with Gasteiger partial charge in [-0.05, 0) is 36.6 Å². The lowest BCUT2D eigenvalue weighted by Crippen LogP contribution is -2.41. The molecule has 0 aliphatic carbocycles. The summed E-state index contributed by atoms with van der Waals surface area (Å²) < 4.78 is 0.810. The van der Waals surface area contributed by atoms with E-state index in [0.717, 1.165) is 27.8 Å². The summed E-state index contributed by atoms with van der Waals surface area (Å²) in [5.74, 6) is -0.693. The minimum absolute atomic E-state index is 0.264. The van der Waals surface area contributed by atoms with Crippen LogP contribution in [0.1, 0.15) is 41.8 Å². The number of nitrogens with zero attached hydrogens (tertiary/aromatic N) is 1. The summed E-state index contributed by atoms with van der Waals surface area (Å²) >= 11 is 3.38. The van der Waals surface area contributed by atoms with Gasteiger partial charge < -0.3 is 5.32 Å². The normalized spacial score (nSPS) is 19.3.